The van der Waals surface area contributed by atoms with Crippen molar-refractivity contribution in [3.05, 3.63) is 66.5 Å². The zero-order chi connectivity index (χ0) is 16.2. The second-order valence-corrected chi connectivity index (χ2v) is 6.28. The standard InChI is InChI=1S/C13H14N.F6P/c1-12(13-8-4-2-5-9-13)14-10-6-3-7-11-14;1-7(2,3,4,5)6/h2-12H,1H3;/q+1;-1/t12-;/m1./s1. The van der Waals surface area contributed by atoms with Gasteiger partial charge in [-0.25, -0.2) is 0 Å². The van der Waals surface area contributed by atoms with Gasteiger partial charge in [-0.15, -0.1) is 0 Å². The molecule has 0 radical (unpaired) electrons. The molecule has 0 unspecified atom stereocenters. The van der Waals surface area contributed by atoms with E-state index in [1.807, 2.05) is 12.1 Å². The molecule has 0 bridgehead atoms. The zero-order valence-corrected chi connectivity index (χ0v) is 11.9. The van der Waals surface area contributed by atoms with Gasteiger partial charge in [-0.1, -0.05) is 36.4 Å². The number of rotatable bonds is 2. The summed E-state index contributed by atoms with van der Waals surface area (Å²) >= 11 is 0. The molecule has 0 aliphatic rings. The molecule has 1 atom stereocenters. The van der Waals surface area contributed by atoms with Crippen LogP contribution in [0.2, 0.25) is 0 Å². The van der Waals surface area contributed by atoms with Gasteiger partial charge < -0.3 is 0 Å². The first-order valence-electron chi connectivity index (χ1n) is 5.90. The van der Waals surface area contributed by atoms with E-state index in [1.54, 1.807) is 0 Å². The second-order valence-electron chi connectivity index (χ2n) is 4.37. The Morgan fingerprint density at radius 3 is 1.57 bits per heavy atom. The summed E-state index contributed by atoms with van der Waals surface area (Å²) in [7, 11) is -10.7. The van der Waals surface area contributed by atoms with Crippen LogP contribution in [-0.4, -0.2) is 0 Å². The minimum atomic E-state index is -10.7. The van der Waals surface area contributed by atoms with E-state index in [0.717, 1.165) is 0 Å². The van der Waals surface area contributed by atoms with Crippen LogP contribution in [0.5, 0.6) is 0 Å². The van der Waals surface area contributed by atoms with Crippen molar-refractivity contribution in [1.29, 1.82) is 0 Å². The van der Waals surface area contributed by atoms with Crippen LogP contribution in [0.4, 0.5) is 25.2 Å². The Hall–Kier alpha value is -1.62. The van der Waals surface area contributed by atoms with E-state index in [9.17, 15) is 25.2 Å². The number of halogens is 6. The predicted octanol–water partition coefficient (Wildman–Crippen LogP) is 5.97. The number of hydrogen-bond acceptors (Lipinski definition) is 0. The van der Waals surface area contributed by atoms with Crippen molar-refractivity contribution >= 4 is 7.81 Å². The average Bonchev–Trinajstić information content (AvgIpc) is 2.36. The molecule has 118 valence electrons. The summed E-state index contributed by atoms with van der Waals surface area (Å²) in [4.78, 5) is 0. The van der Waals surface area contributed by atoms with Gasteiger partial charge in [0, 0.05) is 24.6 Å². The molecule has 1 aromatic carbocycles. The molecule has 21 heavy (non-hydrogen) atoms. The van der Waals surface area contributed by atoms with Gasteiger partial charge in [0.25, 0.3) is 0 Å². The van der Waals surface area contributed by atoms with Crippen molar-refractivity contribution in [3.8, 4) is 0 Å². The summed E-state index contributed by atoms with van der Waals surface area (Å²) in [6.45, 7) is 2.20. The zero-order valence-electron chi connectivity index (χ0n) is 11.0. The van der Waals surface area contributed by atoms with Crippen molar-refractivity contribution < 1.29 is 29.7 Å². The topological polar surface area (TPSA) is 3.88 Å². The Labute approximate surface area is 118 Å². The Kier molecular flexibility index (Phi) is 4.40. The third-order valence-corrected chi connectivity index (χ3v) is 2.47. The molecule has 0 aliphatic carbocycles. The fraction of sp³-hybridized carbons (Fsp3) is 0.154. The molecular weight excluding hydrogens is 315 g/mol. The molecule has 0 aliphatic heterocycles. The van der Waals surface area contributed by atoms with Crippen LogP contribution in [0.1, 0.15) is 18.5 Å². The first-order valence-corrected chi connectivity index (χ1v) is 7.93. The minimum absolute atomic E-state index is 0.400. The van der Waals surface area contributed by atoms with Gasteiger partial charge in [-0.2, -0.15) is 4.57 Å². The maximum absolute atomic E-state index is 10.7. The van der Waals surface area contributed by atoms with E-state index >= 15 is 0 Å². The van der Waals surface area contributed by atoms with E-state index in [2.05, 4.69) is 60.3 Å². The summed E-state index contributed by atoms with van der Waals surface area (Å²) in [5.41, 5.74) is 1.34. The number of nitrogens with zero attached hydrogens (tertiary/aromatic N) is 1. The summed E-state index contributed by atoms with van der Waals surface area (Å²) in [5, 5.41) is 0. The van der Waals surface area contributed by atoms with E-state index in [4.69, 9.17) is 0 Å². The van der Waals surface area contributed by atoms with E-state index in [-0.39, 0.29) is 0 Å². The molecular formula is C13H14F6NP. The summed E-state index contributed by atoms with van der Waals surface area (Å²) < 4.78 is 61.4. The Balaban J connectivity index is 0.000000270. The quantitative estimate of drug-likeness (QED) is 0.363. The molecule has 0 N–H and O–H groups in total. The molecule has 1 nitrogen and oxygen atoms in total. The van der Waals surface area contributed by atoms with Crippen LogP contribution in [0, 0.1) is 0 Å². The Bertz CT molecular complexity index is 516. The summed E-state index contributed by atoms with van der Waals surface area (Å²) in [5.74, 6) is 0. The number of pyridine rings is 1. The second kappa shape index (κ2) is 5.30. The van der Waals surface area contributed by atoms with Crippen LogP contribution in [0.15, 0.2) is 60.9 Å². The van der Waals surface area contributed by atoms with Crippen LogP contribution >= 0.6 is 7.81 Å². The molecule has 0 spiro atoms. The Morgan fingerprint density at radius 2 is 1.14 bits per heavy atom. The molecule has 0 amide bonds. The predicted molar refractivity (Wildman–Crippen MR) is 70.5 cm³/mol. The van der Waals surface area contributed by atoms with Crippen molar-refractivity contribution in [2.24, 2.45) is 0 Å². The van der Waals surface area contributed by atoms with Crippen LogP contribution in [-0.2, 0) is 0 Å². The molecule has 2 rings (SSSR count). The van der Waals surface area contributed by atoms with Gasteiger partial charge in [0.1, 0.15) is 0 Å². The van der Waals surface area contributed by atoms with Gasteiger partial charge >= 0.3 is 33.0 Å². The Morgan fingerprint density at radius 1 is 0.762 bits per heavy atom. The molecule has 1 aromatic heterocycles. The number of hydrogen-bond donors (Lipinski definition) is 0. The van der Waals surface area contributed by atoms with Crippen molar-refractivity contribution in [1.82, 2.24) is 0 Å². The van der Waals surface area contributed by atoms with Crippen LogP contribution in [0.3, 0.4) is 0 Å². The first kappa shape index (κ1) is 17.4. The molecule has 8 heteroatoms. The van der Waals surface area contributed by atoms with Gasteiger partial charge in [-0.05, 0) is 0 Å². The normalized spacial score (nSPS) is 16.0. The monoisotopic (exact) mass is 329 g/mol. The summed E-state index contributed by atoms with van der Waals surface area (Å²) in [6, 6.07) is 17.1. The van der Waals surface area contributed by atoms with Gasteiger partial charge in [0.15, 0.2) is 18.4 Å². The fourth-order valence-corrected chi connectivity index (χ4v) is 1.57. The molecule has 0 fully saturated rings. The van der Waals surface area contributed by atoms with E-state index < -0.39 is 7.81 Å². The van der Waals surface area contributed by atoms with Crippen LogP contribution < -0.4 is 4.57 Å². The number of benzene rings is 1. The molecule has 2 aromatic rings. The summed E-state index contributed by atoms with van der Waals surface area (Å²) in [6.07, 6.45) is 4.19. The van der Waals surface area contributed by atoms with E-state index in [0.29, 0.717) is 6.04 Å². The van der Waals surface area contributed by atoms with Crippen molar-refractivity contribution in [3.63, 3.8) is 0 Å². The molecule has 1 heterocycles. The maximum atomic E-state index is 9.87. The van der Waals surface area contributed by atoms with Gasteiger partial charge in [0.2, 0.25) is 0 Å². The third-order valence-electron chi connectivity index (χ3n) is 2.47. The third kappa shape index (κ3) is 9.85. The fourth-order valence-electron chi connectivity index (χ4n) is 1.57. The van der Waals surface area contributed by atoms with E-state index in [1.165, 1.54) is 5.56 Å². The number of aromatic nitrogens is 1. The first-order chi connectivity index (χ1) is 9.33. The average molecular weight is 329 g/mol. The van der Waals surface area contributed by atoms with Crippen molar-refractivity contribution in [2.45, 2.75) is 13.0 Å². The van der Waals surface area contributed by atoms with Crippen LogP contribution in [0.25, 0.3) is 0 Å². The van der Waals surface area contributed by atoms with Gasteiger partial charge in [-0.3, -0.25) is 0 Å². The van der Waals surface area contributed by atoms with Crippen molar-refractivity contribution in [2.75, 3.05) is 0 Å². The van der Waals surface area contributed by atoms with Gasteiger partial charge in [0.05, 0.1) is 0 Å². The molecule has 0 saturated heterocycles. The molecule has 0 saturated carbocycles. The SMILES string of the molecule is C[C@H](c1ccccc1)[n+]1ccccc1.F[P-](F)(F)(F)(F)F.